The number of hydrogen-bond donors (Lipinski definition) is 2. The van der Waals surface area contributed by atoms with E-state index in [1.807, 2.05) is 31.3 Å². The van der Waals surface area contributed by atoms with Gasteiger partial charge in [-0.3, -0.25) is 4.79 Å². The molecule has 1 unspecified atom stereocenters. The van der Waals surface area contributed by atoms with Gasteiger partial charge in [0.25, 0.3) is 5.91 Å². The van der Waals surface area contributed by atoms with Gasteiger partial charge in [0, 0.05) is 5.69 Å². The van der Waals surface area contributed by atoms with E-state index >= 15 is 0 Å². The standard InChI is InChI=1S/C17H21BrN2OS/c1-12(2)14-6-4-5-7-15(14)19-17(21)11-20(3)10-13-8-9-16(18)22-13/h4-9,12H,10-11H2,1-3H3,(H,19,21)/p+1. The zero-order valence-corrected chi connectivity index (χ0v) is 15.6. The largest absolute Gasteiger partial charge is 0.325 e. The summed E-state index contributed by atoms with van der Waals surface area (Å²) in [5.74, 6) is 0.450. The number of halogens is 1. The minimum atomic E-state index is 0.0567. The van der Waals surface area contributed by atoms with E-state index in [2.05, 4.69) is 47.2 Å². The molecule has 2 rings (SSSR count). The Labute approximate surface area is 144 Å². The lowest BCUT2D eigenvalue weighted by Crippen LogP contribution is -3.08. The minimum absolute atomic E-state index is 0.0567. The molecule has 0 radical (unpaired) electrons. The molecule has 118 valence electrons. The highest BCUT2D eigenvalue weighted by Crippen LogP contribution is 2.23. The molecule has 0 aliphatic heterocycles. The first kappa shape index (κ1) is 17.2. The van der Waals surface area contributed by atoms with Gasteiger partial charge in [-0.2, -0.15) is 0 Å². The van der Waals surface area contributed by atoms with Gasteiger partial charge in [-0.25, -0.2) is 0 Å². The molecule has 22 heavy (non-hydrogen) atoms. The first-order chi connectivity index (χ1) is 10.5. The van der Waals surface area contributed by atoms with Crippen LogP contribution in [0.4, 0.5) is 5.69 Å². The number of quaternary nitrogens is 1. The van der Waals surface area contributed by atoms with Gasteiger partial charge >= 0.3 is 0 Å². The summed E-state index contributed by atoms with van der Waals surface area (Å²) < 4.78 is 1.13. The number of nitrogens with one attached hydrogen (secondary N) is 2. The fraction of sp³-hybridized carbons (Fsp3) is 0.353. The van der Waals surface area contributed by atoms with Gasteiger partial charge < -0.3 is 10.2 Å². The van der Waals surface area contributed by atoms with Crippen molar-refractivity contribution in [2.75, 3.05) is 18.9 Å². The molecule has 1 heterocycles. The molecule has 0 spiro atoms. The lowest BCUT2D eigenvalue weighted by molar-refractivity contribution is -0.884. The Morgan fingerprint density at radius 2 is 2.00 bits per heavy atom. The Balaban J connectivity index is 1.92. The van der Waals surface area contributed by atoms with Crippen molar-refractivity contribution in [2.24, 2.45) is 0 Å². The van der Waals surface area contributed by atoms with Crippen LogP contribution in [0, 0.1) is 0 Å². The number of hydrogen-bond acceptors (Lipinski definition) is 2. The maximum Gasteiger partial charge on any atom is 0.279 e. The number of carbonyl (C=O) groups excluding carboxylic acids is 1. The normalized spacial score (nSPS) is 12.4. The average molecular weight is 382 g/mol. The van der Waals surface area contributed by atoms with Crippen LogP contribution < -0.4 is 10.2 Å². The topological polar surface area (TPSA) is 33.5 Å². The molecule has 0 saturated carbocycles. The van der Waals surface area contributed by atoms with Gasteiger partial charge in [-0.1, -0.05) is 32.0 Å². The highest BCUT2D eigenvalue weighted by molar-refractivity contribution is 9.11. The van der Waals surface area contributed by atoms with Gasteiger partial charge in [-0.15, -0.1) is 11.3 Å². The average Bonchev–Trinajstić information content (AvgIpc) is 2.83. The molecule has 0 bridgehead atoms. The number of para-hydroxylation sites is 1. The molecule has 0 fully saturated rings. The number of thiophene rings is 1. The molecule has 1 amide bonds. The van der Waals surface area contributed by atoms with Gasteiger partial charge in [0.15, 0.2) is 6.54 Å². The molecule has 1 aromatic heterocycles. The summed E-state index contributed by atoms with van der Waals surface area (Å²) in [7, 11) is 2.04. The Morgan fingerprint density at radius 3 is 2.64 bits per heavy atom. The molecular weight excluding hydrogens is 360 g/mol. The summed E-state index contributed by atoms with van der Waals surface area (Å²) in [4.78, 5) is 14.7. The molecule has 2 aromatic rings. The first-order valence-electron chi connectivity index (χ1n) is 7.40. The van der Waals surface area contributed by atoms with Crippen LogP contribution in [0.15, 0.2) is 40.2 Å². The molecule has 0 aliphatic carbocycles. The van der Waals surface area contributed by atoms with Crippen molar-refractivity contribution in [3.8, 4) is 0 Å². The van der Waals surface area contributed by atoms with Crippen LogP contribution in [-0.4, -0.2) is 19.5 Å². The summed E-state index contributed by atoms with van der Waals surface area (Å²) in [6.07, 6.45) is 0. The molecular formula is C17H22BrN2OS+. The van der Waals surface area contributed by atoms with Crippen LogP contribution in [0.5, 0.6) is 0 Å². The van der Waals surface area contributed by atoms with Crippen molar-refractivity contribution in [2.45, 2.75) is 26.3 Å². The zero-order valence-electron chi connectivity index (χ0n) is 13.2. The van der Waals surface area contributed by atoms with Gasteiger partial charge in [0.1, 0.15) is 6.54 Å². The van der Waals surface area contributed by atoms with Crippen molar-refractivity contribution in [3.63, 3.8) is 0 Å². The Hall–Kier alpha value is -1.17. The molecule has 1 aromatic carbocycles. The third-order valence-corrected chi connectivity index (χ3v) is 5.05. The molecule has 1 atom stereocenters. The number of amides is 1. The Kier molecular flexibility index (Phi) is 6.17. The summed E-state index contributed by atoms with van der Waals surface area (Å²) in [5.41, 5.74) is 2.10. The van der Waals surface area contributed by atoms with E-state index in [0.29, 0.717) is 12.5 Å². The number of anilines is 1. The Morgan fingerprint density at radius 1 is 1.27 bits per heavy atom. The van der Waals surface area contributed by atoms with Crippen molar-refractivity contribution < 1.29 is 9.69 Å². The van der Waals surface area contributed by atoms with E-state index in [1.54, 1.807) is 11.3 Å². The summed E-state index contributed by atoms with van der Waals surface area (Å²) in [6, 6.07) is 12.2. The van der Waals surface area contributed by atoms with E-state index < -0.39 is 0 Å². The van der Waals surface area contributed by atoms with Crippen LogP contribution in [-0.2, 0) is 11.3 Å². The predicted octanol–water partition coefficient (Wildman–Crippen LogP) is 3.29. The molecule has 0 saturated heterocycles. The summed E-state index contributed by atoms with van der Waals surface area (Å²) in [6.45, 7) is 5.59. The van der Waals surface area contributed by atoms with E-state index in [4.69, 9.17) is 0 Å². The highest BCUT2D eigenvalue weighted by atomic mass is 79.9. The maximum absolute atomic E-state index is 12.3. The predicted molar refractivity (Wildman–Crippen MR) is 96.6 cm³/mol. The van der Waals surface area contributed by atoms with Crippen LogP contribution in [0.25, 0.3) is 0 Å². The summed E-state index contributed by atoms with van der Waals surface area (Å²) in [5, 5.41) is 3.05. The quantitative estimate of drug-likeness (QED) is 0.790. The molecule has 3 nitrogen and oxygen atoms in total. The van der Waals surface area contributed by atoms with Crippen molar-refractivity contribution in [1.29, 1.82) is 0 Å². The Bertz CT molecular complexity index is 639. The molecule has 0 aliphatic rings. The second kappa shape index (κ2) is 7.90. The number of benzene rings is 1. The van der Waals surface area contributed by atoms with E-state index in [1.165, 1.54) is 15.3 Å². The number of carbonyl (C=O) groups is 1. The maximum atomic E-state index is 12.3. The first-order valence-corrected chi connectivity index (χ1v) is 9.01. The van der Waals surface area contributed by atoms with E-state index in [-0.39, 0.29) is 5.91 Å². The van der Waals surface area contributed by atoms with Crippen LogP contribution >= 0.6 is 27.3 Å². The van der Waals surface area contributed by atoms with Crippen LogP contribution in [0.2, 0.25) is 0 Å². The lowest BCUT2D eigenvalue weighted by Gasteiger charge is -2.16. The van der Waals surface area contributed by atoms with Crippen molar-refractivity contribution in [1.82, 2.24) is 0 Å². The number of likely N-dealkylation sites (N-methyl/N-ethyl adjacent to an activating group) is 1. The van der Waals surface area contributed by atoms with E-state index in [0.717, 1.165) is 16.0 Å². The monoisotopic (exact) mass is 381 g/mol. The third-order valence-electron chi connectivity index (χ3n) is 3.42. The van der Waals surface area contributed by atoms with Crippen molar-refractivity contribution >= 4 is 38.9 Å². The van der Waals surface area contributed by atoms with E-state index in [9.17, 15) is 4.79 Å². The SMILES string of the molecule is CC(C)c1ccccc1NC(=O)C[NH+](C)Cc1ccc(Br)s1. The second-order valence-corrected chi connectivity index (χ2v) is 8.35. The fourth-order valence-electron chi connectivity index (χ4n) is 2.39. The van der Waals surface area contributed by atoms with Crippen LogP contribution in [0.3, 0.4) is 0 Å². The zero-order chi connectivity index (χ0) is 16.1. The lowest BCUT2D eigenvalue weighted by atomic mass is 10.0. The van der Waals surface area contributed by atoms with Gasteiger partial charge in [0.05, 0.1) is 15.7 Å². The number of rotatable bonds is 6. The smallest absolute Gasteiger partial charge is 0.279 e. The van der Waals surface area contributed by atoms with Gasteiger partial charge in [0.2, 0.25) is 0 Å². The van der Waals surface area contributed by atoms with Crippen LogP contribution in [0.1, 0.15) is 30.2 Å². The fourth-order valence-corrected chi connectivity index (χ4v) is 3.99. The van der Waals surface area contributed by atoms with Gasteiger partial charge in [-0.05, 0) is 45.6 Å². The minimum Gasteiger partial charge on any atom is -0.325 e. The molecule has 2 N–H and O–H groups in total. The molecule has 5 heteroatoms. The highest BCUT2D eigenvalue weighted by Gasteiger charge is 2.14. The summed E-state index contributed by atoms with van der Waals surface area (Å²) >= 11 is 5.19. The van der Waals surface area contributed by atoms with Crippen molar-refractivity contribution in [3.05, 3.63) is 50.6 Å². The third kappa shape index (κ3) is 4.93. The second-order valence-electron chi connectivity index (χ2n) is 5.81.